The van der Waals surface area contributed by atoms with E-state index in [1.807, 2.05) is 74.5 Å². The number of ether oxygens (including phenoxy) is 1. The van der Waals surface area contributed by atoms with E-state index >= 15 is 0 Å². The maximum atomic E-state index is 13.5. The molecule has 0 aromatic heterocycles. The van der Waals surface area contributed by atoms with Gasteiger partial charge in [0, 0.05) is 12.6 Å². The second kappa shape index (κ2) is 9.18. The van der Waals surface area contributed by atoms with Gasteiger partial charge in [0.2, 0.25) is 5.91 Å². The van der Waals surface area contributed by atoms with Crippen LogP contribution in [-0.2, 0) is 14.3 Å². The third kappa shape index (κ3) is 4.72. The highest BCUT2D eigenvalue weighted by atomic mass is 16.5. The maximum absolute atomic E-state index is 13.5. The largest absolute Gasteiger partial charge is 0.469 e. The zero-order chi connectivity index (χ0) is 19.1. The first-order valence-corrected chi connectivity index (χ1v) is 8.94. The van der Waals surface area contributed by atoms with Crippen LogP contribution in [0, 0.1) is 5.92 Å². The van der Waals surface area contributed by atoms with Gasteiger partial charge in [0.1, 0.15) is 0 Å². The van der Waals surface area contributed by atoms with Crippen molar-refractivity contribution in [2.75, 3.05) is 13.7 Å². The summed E-state index contributed by atoms with van der Waals surface area (Å²) >= 11 is 0. The molecule has 4 heteroatoms. The molecule has 0 aliphatic heterocycles. The van der Waals surface area contributed by atoms with E-state index in [4.69, 9.17) is 4.74 Å². The molecule has 1 unspecified atom stereocenters. The number of carbonyl (C=O) groups is 2. The summed E-state index contributed by atoms with van der Waals surface area (Å²) in [4.78, 5) is 27.1. The molecular weight excluding hydrogens is 326 g/mol. The molecule has 4 nitrogen and oxygen atoms in total. The van der Waals surface area contributed by atoms with Gasteiger partial charge in [-0.1, -0.05) is 67.6 Å². The molecule has 0 N–H and O–H groups in total. The molecule has 26 heavy (non-hydrogen) atoms. The van der Waals surface area contributed by atoms with E-state index in [0.29, 0.717) is 6.54 Å². The average molecular weight is 353 g/mol. The Hall–Kier alpha value is -2.62. The molecule has 0 fully saturated rings. The summed E-state index contributed by atoms with van der Waals surface area (Å²) in [6, 6.07) is 19.5. The molecule has 0 aliphatic carbocycles. The van der Waals surface area contributed by atoms with Gasteiger partial charge in [0.15, 0.2) is 0 Å². The van der Waals surface area contributed by atoms with Gasteiger partial charge in [-0.15, -0.1) is 0 Å². The summed E-state index contributed by atoms with van der Waals surface area (Å²) in [7, 11) is 1.37. The van der Waals surface area contributed by atoms with Crippen LogP contribution < -0.4 is 0 Å². The van der Waals surface area contributed by atoms with Crippen molar-refractivity contribution >= 4 is 11.9 Å². The van der Waals surface area contributed by atoms with Gasteiger partial charge in [-0.05, 0) is 25.0 Å². The lowest BCUT2D eigenvalue weighted by Gasteiger charge is -2.32. The highest BCUT2D eigenvalue weighted by molar-refractivity contribution is 5.88. The van der Waals surface area contributed by atoms with E-state index in [1.165, 1.54) is 7.11 Å². The van der Waals surface area contributed by atoms with Crippen molar-refractivity contribution < 1.29 is 14.3 Å². The number of amides is 1. The third-order valence-corrected chi connectivity index (χ3v) is 4.49. The van der Waals surface area contributed by atoms with Crippen molar-refractivity contribution in [3.8, 4) is 0 Å². The molecule has 0 radical (unpaired) electrons. The van der Waals surface area contributed by atoms with Gasteiger partial charge in [-0.2, -0.15) is 0 Å². The van der Waals surface area contributed by atoms with Gasteiger partial charge >= 0.3 is 5.97 Å². The summed E-state index contributed by atoms with van der Waals surface area (Å²) in [5.41, 5.74) is 1.89. The van der Waals surface area contributed by atoms with Crippen molar-refractivity contribution in [1.29, 1.82) is 0 Å². The fourth-order valence-corrected chi connectivity index (χ4v) is 3.06. The Morgan fingerprint density at radius 2 is 1.35 bits per heavy atom. The zero-order valence-corrected chi connectivity index (χ0v) is 15.9. The number of rotatable bonds is 7. The summed E-state index contributed by atoms with van der Waals surface area (Å²) in [6.07, 6.45) is 0. The Balaban J connectivity index is 2.39. The van der Waals surface area contributed by atoms with Crippen molar-refractivity contribution in [3.05, 3.63) is 71.8 Å². The third-order valence-electron chi connectivity index (χ3n) is 4.49. The minimum absolute atomic E-state index is 0.00634. The van der Waals surface area contributed by atoms with E-state index in [0.717, 1.165) is 11.1 Å². The smallest absolute Gasteiger partial charge is 0.310 e. The highest BCUT2D eigenvalue weighted by Crippen LogP contribution is 2.28. The van der Waals surface area contributed by atoms with Gasteiger partial charge in [-0.3, -0.25) is 9.59 Å². The lowest BCUT2D eigenvalue weighted by Crippen LogP contribution is -2.44. The average Bonchev–Trinajstić information content (AvgIpc) is 2.66. The molecule has 0 saturated heterocycles. The number of benzene rings is 2. The van der Waals surface area contributed by atoms with Crippen molar-refractivity contribution in [2.45, 2.75) is 32.7 Å². The molecule has 0 spiro atoms. The molecule has 0 heterocycles. The minimum atomic E-state index is -0.398. The Morgan fingerprint density at radius 3 is 1.73 bits per heavy atom. The number of nitrogens with zero attached hydrogens (tertiary/aromatic N) is 1. The van der Waals surface area contributed by atoms with Crippen LogP contribution in [0.2, 0.25) is 0 Å². The molecule has 138 valence electrons. The topological polar surface area (TPSA) is 46.6 Å². The lowest BCUT2D eigenvalue weighted by molar-refractivity contribution is -0.147. The Kier molecular flexibility index (Phi) is 6.96. The fraction of sp³-hybridized carbons (Fsp3) is 0.364. The standard InChI is InChI=1S/C22H27NO3/c1-16(2)23(15-17(3)22(25)26-4)21(24)20(18-11-7-5-8-12-18)19-13-9-6-10-14-19/h5-14,16-17,20H,15H2,1-4H3. The maximum Gasteiger partial charge on any atom is 0.310 e. The number of hydrogen-bond donors (Lipinski definition) is 0. The van der Waals surface area contributed by atoms with Crippen molar-refractivity contribution in [1.82, 2.24) is 4.90 Å². The van der Waals surface area contributed by atoms with E-state index in [9.17, 15) is 9.59 Å². The molecule has 2 aromatic carbocycles. The van der Waals surface area contributed by atoms with Gasteiger partial charge in [-0.25, -0.2) is 0 Å². The summed E-state index contributed by atoms with van der Waals surface area (Å²) in [5.74, 6) is -1.09. The summed E-state index contributed by atoms with van der Waals surface area (Å²) in [6.45, 7) is 6.05. The molecule has 0 saturated carbocycles. The van der Waals surface area contributed by atoms with Crippen LogP contribution in [0.5, 0.6) is 0 Å². The number of hydrogen-bond acceptors (Lipinski definition) is 3. The predicted octanol–water partition coefficient (Wildman–Crippen LogP) is 3.86. The van der Waals surface area contributed by atoms with Gasteiger partial charge in [0.05, 0.1) is 18.9 Å². The van der Waals surface area contributed by atoms with Crippen molar-refractivity contribution in [3.63, 3.8) is 0 Å². The summed E-state index contributed by atoms with van der Waals surface area (Å²) in [5, 5.41) is 0. The first-order chi connectivity index (χ1) is 12.5. The second-order valence-electron chi connectivity index (χ2n) is 6.76. The van der Waals surface area contributed by atoms with Crippen LogP contribution in [0.1, 0.15) is 37.8 Å². The molecular formula is C22H27NO3. The second-order valence-corrected chi connectivity index (χ2v) is 6.76. The molecule has 1 atom stereocenters. The molecule has 0 bridgehead atoms. The van der Waals surface area contributed by atoms with Gasteiger partial charge in [0.25, 0.3) is 0 Å². The number of methoxy groups -OCH3 is 1. The molecule has 1 amide bonds. The SMILES string of the molecule is COC(=O)C(C)CN(C(=O)C(c1ccccc1)c1ccccc1)C(C)C. The Labute approximate surface area is 155 Å². The lowest BCUT2D eigenvalue weighted by atomic mass is 9.89. The highest BCUT2D eigenvalue weighted by Gasteiger charge is 2.31. The minimum Gasteiger partial charge on any atom is -0.469 e. The van der Waals surface area contributed by atoms with Crippen molar-refractivity contribution in [2.24, 2.45) is 5.92 Å². The van der Waals surface area contributed by atoms with Crippen LogP contribution in [0.4, 0.5) is 0 Å². The first-order valence-electron chi connectivity index (χ1n) is 8.94. The predicted molar refractivity (Wildman–Crippen MR) is 103 cm³/mol. The van der Waals surface area contributed by atoms with E-state index in [-0.39, 0.29) is 23.8 Å². The van der Waals surface area contributed by atoms with Crippen LogP contribution >= 0.6 is 0 Å². The fourth-order valence-electron chi connectivity index (χ4n) is 3.06. The van der Waals surface area contributed by atoms with Crippen LogP contribution in [-0.4, -0.2) is 36.5 Å². The van der Waals surface area contributed by atoms with Crippen LogP contribution in [0.15, 0.2) is 60.7 Å². The first kappa shape index (κ1) is 19.7. The molecule has 2 rings (SSSR count). The van der Waals surface area contributed by atoms with E-state index in [1.54, 1.807) is 11.8 Å². The zero-order valence-electron chi connectivity index (χ0n) is 15.9. The summed E-state index contributed by atoms with van der Waals surface area (Å²) < 4.78 is 4.83. The number of esters is 1. The van der Waals surface area contributed by atoms with Crippen LogP contribution in [0.3, 0.4) is 0 Å². The monoisotopic (exact) mass is 353 g/mol. The quantitative estimate of drug-likeness (QED) is 0.710. The normalized spacial score (nSPS) is 12.1. The Morgan fingerprint density at radius 1 is 0.885 bits per heavy atom. The van der Waals surface area contributed by atoms with E-state index < -0.39 is 5.92 Å². The number of carbonyl (C=O) groups excluding carboxylic acids is 2. The van der Waals surface area contributed by atoms with Crippen LogP contribution in [0.25, 0.3) is 0 Å². The Bertz CT molecular complexity index is 673. The molecule has 0 aliphatic rings. The van der Waals surface area contributed by atoms with Gasteiger partial charge < -0.3 is 9.64 Å². The van der Waals surface area contributed by atoms with E-state index in [2.05, 4.69) is 0 Å². The molecule has 2 aromatic rings.